The highest BCUT2D eigenvalue weighted by atomic mass is 19.1. The predicted molar refractivity (Wildman–Crippen MR) is 51.4 cm³/mol. The van der Waals surface area contributed by atoms with Crippen molar-refractivity contribution in [3.05, 3.63) is 35.1 Å². The zero-order valence-electron chi connectivity index (χ0n) is 7.81. The van der Waals surface area contributed by atoms with Gasteiger partial charge in [-0.05, 0) is 42.1 Å². The first kappa shape index (κ1) is 8.70. The summed E-state index contributed by atoms with van der Waals surface area (Å²) >= 11 is 0. The van der Waals surface area contributed by atoms with E-state index in [0.717, 1.165) is 19.5 Å². The molecule has 0 radical (unpaired) electrons. The minimum absolute atomic E-state index is 0.118. The van der Waals surface area contributed by atoms with Gasteiger partial charge in [0.2, 0.25) is 0 Å². The molecule has 1 N–H and O–H groups in total. The van der Waals surface area contributed by atoms with Crippen molar-refractivity contribution in [2.24, 2.45) is 0 Å². The summed E-state index contributed by atoms with van der Waals surface area (Å²) < 4.78 is 13.0. The molecular formula is C11H14FN. The quantitative estimate of drug-likeness (QED) is 0.643. The van der Waals surface area contributed by atoms with E-state index in [0.29, 0.717) is 5.92 Å². The van der Waals surface area contributed by atoms with Gasteiger partial charge in [0.25, 0.3) is 0 Å². The molecule has 1 aromatic carbocycles. The monoisotopic (exact) mass is 179 g/mol. The first-order valence-electron chi connectivity index (χ1n) is 4.76. The number of fused-ring (bicyclic) bond motifs is 1. The average Bonchev–Trinajstić information content (AvgIpc) is 2.29. The lowest BCUT2D eigenvalue weighted by atomic mass is 9.95. The van der Waals surface area contributed by atoms with Gasteiger partial charge in [0.15, 0.2) is 0 Å². The summed E-state index contributed by atoms with van der Waals surface area (Å²) in [6.07, 6.45) is 1.01. The third-order valence-electron chi connectivity index (χ3n) is 2.66. The molecule has 0 amide bonds. The number of benzene rings is 1. The fourth-order valence-corrected chi connectivity index (χ4v) is 1.90. The van der Waals surface area contributed by atoms with Crippen LogP contribution in [0.4, 0.5) is 4.39 Å². The number of rotatable bonds is 0. The molecule has 0 saturated carbocycles. The van der Waals surface area contributed by atoms with E-state index >= 15 is 0 Å². The Balaban J connectivity index is 2.43. The summed E-state index contributed by atoms with van der Waals surface area (Å²) in [6, 6.07) is 5.14. The minimum atomic E-state index is -0.118. The van der Waals surface area contributed by atoms with Gasteiger partial charge in [-0.3, -0.25) is 0 Å². The van der Waals surface area contributed by atoms with Crippen molar-refractivity contribution in [1.29, 1.82) is 0 Å². The largest absolute Gasteiger partial charge is 0.316 e. The molecule has 1 aliphatic heterocycles. The van der Waals surface area contributed by atoms with Crippen molar-refractivity contribution in [3.8, 4) is 0 Å². The Morgan fingerprint density at radius 3 is 3.15 bits per heavy atom. The number of halogens is 1. The molecule has 0 aliphatic carbocycles. The Labute approximate surface area is 78.0 Å². The maximum atomic E-state index is 13.0. The third-order valence-corrected chi connectivity index (χ3v) is 2.66. The molecule has 0 saturated heterocycles. The predicted octanol–water partition coefficient (Wildman–Crippen LogP) is 2.07. The van der Waals surface area contributed by atoms with Crippen LogP contribution in [0.5, 0.6) is 0 Å². The van der Waals surface area contributed by atoms with E-state index in [4.69, 9.17) is 0 Å². The van der Waals surface area contributed by atoms with Crippen LogP contribution in [0.25, 0.3) is 0 Å². The van der Waals surface area contributed by atoms with Crippen LogP contribution < -0.4 is 5.32 Å². The SMILES string of the molecule is C[C@H]1CNCCc2ccc(F)cc21. The van der Waals surface area contributed by atoms with Gasteiger partial charge in [-0.2, -0.15) is 0 Å². The molecule has 0 spiro atoms. The highest BCUT2D eigenvalue weighted by molar-refractivity contribution is 5.32. The van der Waals surface area contributed by atoms with Crippen LogP contribution in [0, 0.1) is 5.82 Å². The normalized spacial score (nSPS) is 22.2. The van der Waals surface area contributed by atoms with Gasteiger partial charge in [0.05, 0.1) is 0 Å². The highest BCUT2D eigenvalue weighted by Crippen LogP contribution is 2.22. The summed E-state index contributed by atoms with van der Waals surface area (Å²) in [5, 5.41) is 3.34. The van der Waals surface area contributed by atoms with Crippen LogP contribution in [-0.4, -0.2) is 13.1 Å². The van der Waals surface area contributed by atoms with Gasteiger partial charge in [-0.1, -0.05) is 13.0 Å². The average molecular weight is 179 g/mol. The van der Waals surface area contributed by atoms with Crippen molar-refractivity contribution < 1.29 is 4.39 Å². The van der Waals surface area contributed by atoms with Gasteiger partial charge in [-0.15, -0.1) is 0 Å². The lowest BCUT2D eigenvalue weighted by Crippen LogP contribution is -2.18. The molecule has 0 unspecified atom stereocenters. The van der Waals surface area contributed by atoms with Gasteiger partial charge in [0, 0.05) is 6.54 Å². The van der Waals surface area contributed by atoms with E-state index in [1.807, 2.05) is 6.07 Å². The Kier molecular flexibility index (Phi) is 2.32. The Morgan fingerprint density at radius 2 is 2.31 bits per heavy atom. The minimum Gasteiger partial charge on any atom is -0.316 e. The molecule has 0 fully saturated rings. The lowest BCUT2D eigenvalue weighted by Gasteiger charge is -2.11. The van der Waals surface area contributed by atoms with Crippen LogP contribution in [0.3, 0.4) is 0 Å². The molecule has 0 aromatic heterocycles. The Morgan fingerprint density at radius 1 is 1.46 bits per heavy atom. The molecule has 13 heavy (non-hydrogen) atoms. The van der Waals surface area contributed by atoms with Gasteiger partial charge in [0.1, 0.15) is 5.82 Å². The highest BCUT2D eigenvalue weighted by Gasteiger charge is 2.14. The maximum Gasteiger partial charge on any atom is 0.123 e. The summed E-state index contributed by atoms with van der Waals surface area (Å²) in [4.78, 5) is 0. The number of nitrogens with one attached hydrogen (secondary N) is 1. The summed E-state index contributed by atoms with van der Waals surface area (Å²) in [7, 11) is 0. The summed E-state index contributed by atoms with van der Waals surface area (Å²) in [6.45, 7) is 4.09. The standard InChI is InChI=1S/C11H14FN/c1-8-7-13-5-4-9-2-3-10(12)6-11(8)9/h2-3,6,8,13H,4-5,7H2,1H3/t8-/m0/s1. The van der Waals surface area contributed by atoms with Crippen molar-refractivity contribution in [3.63, 3.8) is 0 Å². The zero-order chi connectivity index (χ0) is 9.26. The van der Waals surface area contributed by atoms with E-state index < -0.39 is 0 Å². The van der Waals surface area contributed by atoms with E-state index in [1.54, 1.807) is 12.1 Å². The number of hydrogen-bond donors (Lipinski definition) is 1. The fraction of sp³-hybridized carbons (Fsp3) is 0.455. The molecule has 0 bridgehead atoms. The summed E-state index contributed by atoms with van der Waals surface area (Å²) in [5.41, 5.74) is 2.46. The van der Waals surface area contributed by atoms with Crippen molar-refractivity contribution >= 4 is 0 Å². The lowest BCUT2D eigenvalue weighted by molar-refractivity contribution is 0.615. The van der Waals surface area contributed by atoms with Crippen LogP contribution >= 0.6 is 0 Å². The molecule has 1 heterocycles. The molecular weight excluding hydrogens is 165 g/mol. The van der Waals surface area contributed by atoms with Crippen LogP contribution in [0.2, 0.25) is 0 Å². The van der Waals surface area contributed by atoms with E-state index in [2.05, 4.69) is 12.2 Å². The second kappa shape index (κ2) is 3.46. The van der Waals surface area contributed by atoms with Crippen molar-refractivity contribution in [2.75, 3.05) is 13.1 Å². The zero-order valence-corrected chi connectivity index (χ0v) is 7.81. The molecule has 2 heteroatoms. The van der Waals surface area contributed by atoms with Crippen molar-refractivity contribution in [2.45, 2.75) is 19.3 Å². The second-order valence-corrected chi connectivity index (χ2v) is 3.70. The molecule has 70 valence electrons. The molecule has 1 atom stereocenters. The summed E-state index contributed by atoms with van der Waals surface area (Å²) in [5.74, 6) is 0.306. The Hall–Kier alpha value is -0.890. The topological polar surface area (TPSA) is 12.0 Å². The molecule has 2 rings (SSSR count). The van der Waals surface area contributed by atoms with Crippen LogP contribution in [0.1, 0.15) is 24.0 Å². The molecule has 1 aliphatic rings. The second-order valence-electron chi connectivity index (χ2n) is 3.70. The van der Waals surface area contributed by atoms with Crippen LogP contribution in [-0.2, 0) is 6.42 Å². The van der Waals surface area contributed by atoms with Gasteiger partial charge < -0.3 is 5.32 Å². The van der Waals surface area contributed by atoms with Gasteiger partial charge in [-0.25, -0.2) is 4.39 Å². The first-order valence-corrected chi connectivity index (χ1v) is 4.76. The molecule has 1 nitrogen and oxygen atoms in total. The van der Waals surface area contributed by atoms with E-state index in [1.165, 1.54) is 11.1 Å². The van der Waals surface area contributed by atoms with Crippen LogP contribution in [0.15, 0.2) is 18.2 Å². The first-order chi connectivity index (χ1) is 6.27. The molecule has 1 aromatic rings. The Bertz CT molecular complexity index is 309. The smallest absolute Gasteiger partial charge is 0.123 e. The van der Waals surface area contributed by atoms with Gasteiger partial charge >= 0.3 is 0 Å². The van der Waals surface area contributed by atoms with E-state index in [-0.39, 0.29) is 5.82 Å². The number of hydrogen-bond acceptors (Lipinski definition) is 1. The fourth-order valence-electron chi connectivity index (χ4n) is 1.90. The van der Waals surface area contributed by atoms with E-state index in [9.17, 15) is 4.39 Å². The third kappa shape index (κ3) is 1.73. The van der Waals surface area contributed by atoms with Crippen molar-refractivity contribution in [1.82, 2.24) is 5.32 Å². The maximum absolute atomic E-state index is 13.0.